The highest BCUT2D eigenvalue weighted by molar-refractivity contribution is 5.76. The van der Waals surface area contributed by atoms with Crippen LogP contribution in [0.4, 0.5) is 5.95 Å². The second-order valence-corrected chi connectivity index (χ2v) is 7.95. The van der Waals surface area contributed by atoms with Crippen molar-refractivity contribution in [3.8, 4) is 11.4 Å². The molecule has 0 radical (unpaired) electrons. The van der Waals surface area contributed by atoms with Gasteiger partial charge in [0.2, 0.25) is 23.6 Å². The molecular formula is C23H29N7O2. The molecule has 0 spiro atoms. The van der Waals surface area contributed by atoms with E-state index in [2.05, 4.69) is 37.2 Å². The Morgan fingerprint density at radius 3 is 2.59 bits per heavy atom. The second kappa shape index (κ2) is 10.8. The highest BCUT2D eigenvalue weighted by atomic mass is 16.5. The normalized spacial score (nSPS) is 14.5. The Labute approximate surface area is 187 Å². The molecular weight excluding hydrogens is 406 g/mol. The van der Waals surface area contributed by atoms with E-state index in [4.69, 9.17) is 4.52 Å². The van der Waals surface area contributed by atoms with Gasteiger partial charge in [-0.3, -0.25) is 9.69 Å². The second-order valence-electron chi connectivity index (χ2n) is 7.95. The Morgan fingerprint density at radius 1 is 1.09 bits per heavy atom. The maximum atomic E-state index is 12.4. The van der Waals surface area contributed by atoms with Gasteiger partial charge in [-0.1, -0.05) is 35.0 Å². The van der Waals surface area contributed by atoms with Gasteiger partial charge in [-0.25, -0.2) is 9.97 Å². The number of aromatic nitrogens is 4. The lowest BCUT2D eigenvalue weighted by molar-refractivity contribution is -0.132. The number of nitrogens with zero attached hydrogens (tertiary/aromatic N) is 6. The summed E-state index contributed by atoms with van der Waals surface area (Å²) in [6, 6.07) is 9.88. The fraction of sp³-hybridized carbons (Fsp3) is 0.435. The summed E-state index contributed by atoms with van der Waals surface area (Å²) in [5, 5.41) is 7.18. The van der Waals surface area contributed by atoms with Gasteiger partial charge < -0.3 is 14.7 Å². The Balaban J connectivity index is 1.13. The molecule has 32 heavy (non-hydrogen) atoms. The van der Waals surface area contributed by atoms with E-state index < -0.39 is 0 Å². The van der Waals surface area contributed by atoms with Crippen molar-refractivity contribution in [1.29, 1.82) is 0 Å². The Kier molecular flexibility index (Phi) is 7.39. The van der Waals surface area contributed by atoms with Gasteiger partial charge in [0.1, 0.15) is 0 Å². The molecule has 1 aromatic carbocycles. The third kappa shape index (κ3) is 6.10. The highest BCUT2D eigenvalue weighted by Crippen LogP contribution is 2.17. The van der Waals surface area contributed by atoms with Crippen LogP contribution in [0.2, 0.25) is 0 Å². The first-order valence-electron chi connectivity index (χ1n) is 11.1. The summed E-state index contributed by atoms with van der Waals surface area (Å²) in [7, 11) is 0. The summed E-state index contributed by atoms with van der Waals surface area (Å²) in [5.41, 5.74) is 2.18. The maximum absolute atomic E-state index is 12.4. The van der Waals surface area contributed by atoms with Crippen molar-refractivity contribution in [2.24, 2.45) is 0 Å². The van der Waals surface area contributed by atoms with Crippen molar-refractivity contribution in [2.75, 3.05) is 44.6 Å². The molecule has 2 aromatic heterocycles. The largest absolute Gasteiger partial charge is 0.354 e. The lowest BCUT2D eigenvalue weighted by atomic mass is 10.1. The third-order valence-corrected chi connectivity index (χ3v) is 5.56. The van der Waals surface area contributed by atoms with Gasteiger partial charge in [0.15, 0.2) is 0 Å². The molecule has 1 amide bonds. The van der Waals surface area contributed by atoms with Gasteiger partial charge in [-0.15, -0.1) is 0 Å². The summed E-state index contributed by atoms with van der Waals surface area (Å²) in [4.78, 5) is 29.5. The topological polar surface area (TPSA) is 100 Å². The molecule has 4 rings (SSSR count). The van der Waals surface area contributed by atoms with E-state index in [0.29, 0.717) is 30.6 Å². The zero-order chi connectivity index (χ0) is 22.2. The first-order chi connectivity index (χ1) is 15.7. The van der Waals surface area contributed by atoms with Gasteiger partial charge >= 0.3 is 0 Å². The fourth-order valence-corrected chi connectivity index (χ4v) is 3.68. The average Bonchev–Trinajstić information content (AvgIpc) is 3.29. The molecule has 1 fully saturated rings. The van der Waals surface area contributed by atoms with Crippen molar-refractivity contribution in [3.63, 3.8) is 0 Å². The van der Waals surface area contributed by atoms with E-state index >= 15 is 0 Å². The van der Waals surface area contributed by atoms with Gasteiger partial charge in [0, 0.05) is 63.5 Å². The van der Waals surface area contributed by atoms with Crippen LogP contribution in [0.15, 0.2) is 47.2 Å². The van der Waals surface area contributed by atoms with E-state index in [1.54, 1.807) is 18.5 Å². The summed E-state index contributed by atoms with van der Waals surface area (Å²) in [6.45, 7) is 6.85. The summed E-state index contributed by atoms with van der Waals surface area (Å²) in [5.74, 6) is 2.03. The summed E-state index contributed by atoms with van der Waals surface area (Å²) >= 11 is 0. The van der Waals surface area contributed by atoms with Crippen LogP contribution in [-0.4, -0.2) is 75.1 Å². The number of anilines is 1. The summed E-state index contributed by atoms with van der Waals surface area (Å²) in [6.07, 6.45) is 5.50. The SMILES string of the molecule is Cc1ccc(-c2noc(CCCN3CCN(C(=O)CCNc4ncccn4)CC3)n2)cc1. The van der Waals surface area contributed by atoms with Crippen LogP contribution < -0.4 is 5.32 Å². The van der Waals surface area contributed by atoms with Crippen LogP contribution in [0.25, 0.3) is 11.4 Å². The Morgan fingerprint density at radius 2 is 1.84 bits per heavy atom. The lowest BCUT2D eigenvalue weighted by Gasteiger charge is -2.34. The number of aryl methyl sites for hydroxylation is 2. The van der Waals surface area contributed by atoms with Gasteiger partial charge in [0.25, 0.3) is 0 Å². The van der Waals surface area contributed by atoms with Crippen molar-refractivity contribution < 1.29 is 9.32 Å². The Hall–Kier alpha value is -3.33. The monoisotopic (exact) mass is 435 g/mol. The van der Waals surface area contributed by atoms with E-state index in [1.165, 1.54) is 5.56 Å². The predicted molar refractivity (Wildman–Crippen MR) is 121 cm³/mol. The molecule has 0 atom stereocenters. The zero-order valence-corrected chi connectivity index (χ0v) is 18.4. The molecule has 0 unspecified atom stereocenters. The van der Waals surface area contributed by atoms with Gasteiger partial charge in [-0.2, -0.15) is 4.98 Å². The minimum Gasteiger partial charge on any atom is -0.354 e. The molecule has 1 saturated heterocycles. The minimum absolute atomic E-state index is 0.169. The van der Waals surface area contributed by atoms with Gasteiger partial charge in [0.05, 0.1) is 0 Å². The molecule has 168 valence electrons. The summed E-state index contributed by atoms with van der Waals surface area (Å²) < 4.78 is 5.41. The number of benzene rings is 1. The van der Waals surface area contributed by atoms with Crippen LogP contribution in [0, 0.1) is 6.92 Å². The van der Waals surface area contributed by atoms with Crippen molar-refractivity contribution in [3.05, 3.63) is 54.2 Å². The van der Waals surface area contributed by atoms with Crippen LogP contribution in [0.5, 0.6) is 0 Å². The number of carbonyl (C=O) groups excluding carboxylic acids is 1. The first kappa shape index (κ1) is 21.9. The smallest absolute Gasteiger partial charge is 0.227 e. The highest BCUT2D eigenvalue weighted by Gasteiger charge is 2.20. The molecule has 0 saturated carbocycles. The predicted octanol–water partition coefficient (Wildman–Crippen LogP) is 2.41. The van der Waals surface area contributed by atoms with Crippen molar-refractivity contribution >= 4 is 11.9 Å². The van der Waals surface area contributed by atoms with E-state index in [-0.39, 0.29) is 5.91 Å². The minimum atomic E-state index is 0.169. The average molecular weight is 436 g/mol. The van der Waals surface area contributed by atoms with Crippen LogP contribution in [0.3, 0.4) is 0 Å². The van der Waals surface area contributed by atoms with Crippen LogP contribution in [0.1, 0.15) is 24.3 Å². The van der Waals surface area contributed by atoms with Gasteiger partial charge in [-0.05, 0) is 26.0 Å². The number of nitrogens with one attached hydrogen (secondary N) is 1. The fourth-order valence-electron chi connectivity index (χ4n) is 3.68. The lowest BCUT2D eigenvalue weighted by Crippen LogP contribution is -2.49. The number of amides is 1. The molecule has 9 heteroatoms. The molecule has 1 N–H and O–H groups in total. The zero-order valence-electron chi connectivity index (χ0n) is 18.4. The first-order valence-corrected chi connectivity index (χ1v) is 11.1. The maximum Gasteiger partial charge on any atom is 0.227 e. The molecule has 1 aliphatic rings. The van der Waals surface area contributed by atoms with Crippen molar-refractivity contribution in [2.45, 2.75) is 26.2 Å². The number of hydrogen-bond donors (Lipinski definition) is 1. The number of piperazine rings is 1. The number of hydrogen-bond acceptors (Lipinski definition) is 8. The standard InChI is InChI=1S/C23H29N7O2/c1-18-5-7-19(8-6-18)22-27-20(32-28-22)4-2-13-29-14-16-30(17-15-29)21(31)9-12-26-23-24-10-3-11-25-23/h3,5-8,10-11H,2,4,9,12-17H2,1H3,(H,24,25,26). The third-order valence-electron chi connectivity index (χ3n) is 5.56. The van der Waals surface area contributed by atoms with E-state index in [1.807, 2.05) is 29.2 Å². The molecule has 0 aliphatic carbocycles. The number of carbonyl (C=O) groups is 1. The Bertz CT molecular complexity index is 983. The van der Waals surface area contributed by atoms with E-state index in [9.17, 15) is 4.79 Å². The van der Waals surface area contributed by atoms with Crippen molar-refractivity contribution in [1.82, 2.24) is 29.9 Å². The number of rotatable bonds is 9. The van der Waals surface area contributed by atoms with E-state index in [0.717, 1.165) is 51.1 Å². The molecule has 3 aromatic rings. The van der Waals surface area contributed by atoms with Crippen LogP contribution in [-0.2, 0) is 11.2 Å². The molecule has 0 bridgehead atoms. The molecule has 3 heterocycles. The van der Waals surface area contributed by atoms with Crippen LogP contribution >= 0.6 is 0 Å². The quantitative estimate of drug-likeness (QED) is 0.547. The molecule has 9 nitrogen and oxygen atoms in total. The molecule has 1 aliphatic heterocycles.